The molecule has 0 saturated carbocycles. The maximum atomic E-state index is 10.8. The molecule has 0 aliphatic carbocycles. The lowest BCUT2D eigenvalue weighted by molar-refractivity contribution is -0.123. The summed E-state index contributed by atoms with van der Waals surface area (Å²) in [5, 5.41) is 10.5. The molecule has 78 valence electrons. The standard InChI is InChI=1S/C5H12N2O5S/c6-4(3-8)5(9)7-1-2-13(10,11)12/h4,8H,1-3,6H2,(H,7,9)(H,10,11,12)/t4-/m0/s1. The van der Waals surface area contributed by atoms with E-state index in [1.54, 1.807) is 0 Å². The molecule has 0 aromatic rings. The first-order chi connectivity index (χ1) is 5.87. The van der Waals surface area contributed by atoms with E-state index in [4.69, 9.17) is 15.4 Å². The van der Waals surface area contributed by atoms with Gasteiger partial charge in [-0.3, -0.25) is 9.35 Å². The third-order valence-electron chi connectivity index (χ3n) is 1.19. The largest absolute Gasteiger partial charge is 0.394 e. The van der Waals surface area contributed by atoms with Crippen molar-refractivity contribution in [2.45, 2.75) is 6.04 Å². The summed E-state index contributed by atoms with van der Waals surface area (Å²) < 4.78 is 28.6. The predicted octanol–water partition coefficient (Wildman–Crippen LogP) is -2.69. The second-order valence-corrected chi connectivity index (χ2v) is 3.94. The highest BCUT2D eigenvalue weighted by molar-refractivity contribution is 7.85. The highest BCUT2D eigenvalue weighted by Gasteiger charge is 2.12. The van der Waals surface area contributed by atoms with Gasteiger partial charge in [0.15, 0.2) is 0 Å². The lowest BCUT2D eigenvalue weighted by atomic mass is 10.3. The number of aliphatic hydroxyl groups excluding tert-OH is 1. The Morgan fingerprint density at radius 2 is 2.08 bits per heavy atom. The highest BCUT2D eigenvalue weighted by atomic mass is 32.2. The van der Waals surface area contributed by atoms with E-state index in [-0.39, 0.29) is 6.54 Å². The normalized spacial score (nSPS) is 13.8. The van der Waals surface area contributed by atoms with Crippen LogP contribution in [0.25, 0.3) is 0 Å². The van der Waals surface area contributed by atoms with Crippen molar-refractivity contribution < 1.29 is 22.9 Å². The van der Waals surface area contributed by atoms with Crippen molar-refractivity contribution in [3.63, 3.8) is 0 Å². The van der Waals surface area contributed by atoms with Gasteiger partial charge in [0.05, 0.1) is 12.4 Å². The molecule has 0 aliphatic heterocycles. The minimum absolute atomic E-state index is 0.231. The summed E-state index contributed by atoms with van der Waals surface area (Å²) in [6, 6.07) is -1.07. The van der Waals surface area contributed by atoms with Crippen LogP contribution in [0.3, 0.4) is 0 Å². The maximum absolute atomic E-state index is 10.8. The van der Waals surface area contributed by atoms with Gasteiger partial charge in [0, 0.05) is 6.54 Å². The molecular formula is C5H12N2O5S. The van der Waals surface area contributed by atoms with Crippen molar-refractivity contribution in [1.82, 2.24) is 5.32 Å². The van der Waals surface area contributed by atoms with Gasteiger partial charge in [0.1, 0.15) is 6.04 Å². The number of hydrogen-bond acceptors (Lipinski definition) is 5. The lowest BCUT2D eigenvalue weighted by Crippen LogP contribution is -2.44. The van der Waals surface area contributed by atoms with Gasteiger partial charge < -0.3 is 16.2 Å². The smallest absolute Gasteiger partial charge is 0.266 e. The van der Waals surface area contributed by atoms with E-state index < -0.39 is 34.4 Å². The third kappa shape index (κ3) is 6.46. The van der Waals surface area contributed by atoms with Gasteiger partial charge in [0.25, 0.3) is 10.1 Å². The molecule has 8 heteroatoms. The number of carbonyl (C=O) groups excluding carboxylic acids is 1. The number of aliphatic hydroxyl groups is 1. The molecule has 0 fully saturated rings. The molecule has 0 aromatic carbocycles. The first-order valence-corrected chi connectivity index (χ1v) is 5.07. The topological polar surface area (TPSA) is 130 Å². The van der Waals surface area contributed by atoms with Crippen molar-refractivity contribution in [1.29, 1.82) is 0 Å². The van der Waals surface area contributed by atoms with E-state index in [1.165, 1.54) is 0 Å². The molecular weight excluding hydrogens is 200 g/mol. The van der Waals surface area contributed by atoms with Gasteiger partial charge in [-0.05, 0) is 0 Å². The minimum Gasteiger partial charge on any atom is -0.394 e. The van der Waals surface area contributed by atoms with Crippen molar-refractivity contribution in [3.8, 4) is 0 Å². The zero-order valence-electron chi connectivity index (χ0n) is 6.80. The Kier molecular flexibility index (Phi) is 4.85. The fourth-order valence-electron chi connectivity index (χ4n) is 0.517. The molecule has 0 heterocycles. The third-order valence-corrected chi connectivity index (χ3v) is 1.91. The van der Waals surface area contributed by atoms with Crippen LogP contribution in [0.5, 0.6) is 0 Å². The summed E-state index contributed by atoms with van der Waals surface area (Å²) in [5.74, 6) is -1.23. The molecule has 0 rings (SSSR count). The molecule has 0 saturated heterocycles. The van der Waals surface area contributed by atoms with Crippen LogP contribution in [-0.2, 0) is 14.9 Å². The number of nitrogens with one attached hydrogen (secondary N) is 1. The number of amides is 1. The van der Waals surface area contributed by atoms with E-state index in [0.29, 0.717) is 0 Å². The van der Waals surface area contributed by atoms with Gasteiger partial charge in [-0.2, -0.15) is 8.42 Å². The van der Waals surface area contributed by atoms with Crippen LogP contribution >= 0.6 is 0 Å². The molecule has 1 atom stereocenters. The van der Waals surface area contributed by atoms with Crippen LogP contribution in [0.2, 0.25) is 0 Å². The lowest BCUT2D eigenvalue weighted by Gasteiger charge is -2.07. The Hall–Kier alpha value is -0.700. The van der Waals surface area contributed by atoms with Crippen molar-refractivity contribution >= 4 is 16.0 Å². The SMILES string of the molecule is N[C@@H](CO)C(=O)NCCS(=O)(=O)O. The van der Waals surface area contributed by atoms with E-state index in [1.807, 2.05) is 0 Å². The Balaban J connectivity index is 3.72. The fourth-order valence-corrected chi connectivity index (χ4v) is 0.877. The predicted molar refractivity (Wildman–Crippen MR) is 44.5 cm³/mol. The van der Waals surface area contributed by atoms with Crippen molar-refractivity contribution in [3.05, 3.63) is 0 Å². The van der Waals surface area contributed by atoms with Crippen LogP contribution in [0, 0.1) is 0 Å². The first-order valence-electron chi connectivity index (χ1n) is 3.46. The van der Waals surface area contributed by atoms with E-state index in [9.17, 15) is 13.2 Å². The first kappa shape index (κ1) is 12.3. The van der Waals surface area contributed by atoms with E-state index in [0.717, 1.165) is 0 Å². The molecule has 1 amide bonds. The van der Waals surface area contributed by atoms with Gasteiger partial charge in [-0.1, -0.05) is 0 Å². The summed E-state index contributed by atoms with van der Waals surface area (Å²) in [6.45, 7) is -0.747. The molecule has 0 unspecified atom stereocenters. The highest BCUT2D eigenvalue weighted by Crippen LogP contribution is 1.80. The molecule has 0 spiro atoms. The quantitative estimate of drug-likeness (QED) is 0.367. The summed E-state index contributed by atoms with van der Waals surface area (Å²) in [6.07, 6.45) is 0. The van der Waals surface area contributed by atoms with Crippen LogP contribution in [-0.4, -0.2) is 48.9 Å². The van der Waals surface area contributed by atoms with Gasteiger partial charge in [-0.25, -0.2) is 0 Å². The summed E-state index contributed by atoms with van der Waals surface area (Å²) in [7, 11) is -4.07. The Morgan fingerprint density at radius 1 is 1.54 bits per heavy atom. The van der Waals surface area contributed by atoms with Crippen molar-refractivity contribution in [2.75, 3.05) is 18.9 Å². The molecule has 7 nitrogen and oxygen atoms in total. The number of hydrogen-bond donors (Lipinski definition) is 4. The summed E-state index contributed by atoms with van der Waals surface area (Å²) in [5.41, 5.74) is 5.09. The molecule has 0 bridgehead atoms. The van der Waals surface area contributed by atoms with Crippen LogP contribution in [0.15, 0.2) is 0 Å². The number of nitrogens with two attached hydrogens (primary N) is 1. The van der Waals surface area contributed by atoms with Crippen molar-refractivity contribution in [2.24, 2.45) is 5.73 Å². The molecule has 0 aliphatic rings. The zero-order chi connectivity index (χ0) is 10.5. The van der Waals surface area contributed by atoms with E-state index in [2.05, 4.69) is 5.32 Å². The zero-order valence-corrected chi connectivity index (χ0v) is 7.62. The van der Waals surface area contributed by atoms with Crippen LogP contribution < -0.4 is 11.1 Å². The number of rotatable bonds is 5. The minimum atomic E-state index is -4.07. The average molecular weight is 212 g/mol. The molecule has 0 aromatic heterocycles. The van der Waals surface area contributed by atoms with Gasteiger partial charge >= 0.3 is 0 Å². The van der Waals surface area contributed by atoms with Gasteiger partial charge in [0.2, 0.25) is 5.91 Å². The molecule has 5 N–H and O–H groups in total. The number of carbonyl (C=O) groups is 1. The Labute approximate surface area is 75.7 Å². The monoisotopic (exact) mass is 212 g/mol. The van der Waals surface area contributed by atoms with Gasteiger partial charge in [-0.15, -0.1) is 0 Å². The average Bonchev–Trinajstić information content (AvgIpc) is 2.00. The maximum Gasteiger partial charge on any atom is 0.266 e. The summed E-state index contributed by atoms with van der Waals surface area (Å²) >= 11 is 0. The summed E-state index contributed by atoms with van der Waals surface area (Å²) in [4.78, 5) is 10.8. The second kappa shape index (κ2) is 5.12. The van der Waals surface area contributed by atoms with Crippen LogP contribution in [0.4, 0.5) is 0 Å². The molecule has 0 radical (unpaired) electrons. The fraction of sp³-hybridized carbons (Fsp3) is 0.800. The molecule has 13 heavy (non-hydrogen) atoms. The Morgan fingerprint density at radius 3 is 2.46 bits per heavy atom. The second-order valence-electron chi connectivity index (χ2n) is 2.37. The van der Waals surface area contributed by atoms with Crippen LogP contribution in [0.1, 0.15) is 0 Å². The van der Waals surface area contributed by atoms with E-state index >= 15 is 0 Å². The Bertz CT molecular complexity index is 262.